The predicted molar refractivity (Wildman–Crippen MR) is 122 cm³/mol. The second-order valence-electron chi connectivity index (χ2n) is 7.91. The van der Waals surface area contributed by atoms with Crippen LogP contribution in [0, 0.1) is 19.7 Å². The number of carbonyl (C=O) groups excluding carboxylic acids is 1. The number of carbonyl (C=O) groups is 1. The summed E-state index contributed by atoms with van der Waals surface area (Å²) >= 11 is 0. The SMILES string of the molecule is Cc1ccccc1-c1cc2n(C)c(C)c(CCC(=O)NCc3ccccc3F)c(=O)n2n1. The second kappa shape index (κ2) is 8.78. The van der Waals surface area contributed by atoms with Gasteiger partial charge in [0, 0.05) is 48.5 Å². The van der Waals surface area contributed by atoms with Gasteiger partial charge in [0.2, 0.25) is 5.91 Å². The van der Waals surface area contributed by atoms with Crippen LogP contribution in [-0.2, 0) is 24.8 Å². The fourth-order valence-corrected chi connectivity index (χ4v) is 3.86. The molecular formula is C25H25FN4O2. The van der Waals surface area contributed by atoms with Crippen molar-refractivity contribution in [1.29, 1.82) is 0 Å². The zero-order valence-corrected chi connectivity index (χ0v) is 18.4. The molecule has 0 saturated heterocycles. The lowest BCUT2D eigenvalue weighted by Crippen LogP contribution is -2.28. The molecule has 1 amide bonds. The average Bonchev–Trinajstić information content (AvgIpc) is 3.23. The Hall–Kier alpha value is -3.74. The molecule has 4 aromatic rings. The molecule has 0 aliphatic carbocycles. The van der Waals surface area contributed by atoms with Crippen molar-refractivity contribution in [2.24, 2.45) is 7.05 Å². The van der Waals surface area contributed by atoms with Gasteiger partial charge in [-0.3, -0.25) is 9.59 Å². The van der Waals surface area contributed by atoms with Crippen LogP contribution in [-0.4, -0.2) is 20.1 Å². The summed E-state index contributed by atoms with van der Waals surface area (Å²) in [6, 6.07) is 16.1. The lowest BCUT2D eigenvalue weighted by Gasteiger charge is -2.12. The fourth-order valence-electron chi connectivity index (χ4n) is 3.86. The maximum Gasteiger partial charge on any atom is 0.277 e. The third kappa shape index (κ3) is 4.06. The predicted octanol–water partition coefficient (Wildman–Crippen LogP) is 3.70. The van der Waals surface area contributed by atoms with E-state index in [1.54, 1.807) is 18.2 Å². The number of amides is 1. The molecule has 0 unspecified atom stereocenters. The van der Waals surface area contributed by atoms with Gasteiger partial charge >= 0.3 is 0 Å². The molecule has 0 spiro atoms. The summed E-state index contributed by atoms with van der Waals surface area (Å²) in [6.45, 7) is 3.99. The van der Waals surface area contributed by atoms with E-state index in [1.165, 1.54) is 10.6 Å². The van der Waals surface area contributed by atoms with Gasteiger partial charge in [-0.2, -0.15) is 9.61 Å². The van der Waals surface area contributed by atoms with Crippen LogP contribution in [0.15, 0.2) is 59.4 Å². The van der Waals surface area contributed by atoms with Crippen LogP contribution in [0.2, 0.25) is 0 Å². The normalized spacial score (nSPS) is 11.1. The summed E-state index contributed by atoms with van der Waals surface area (Å²) in [5, 5.41) is 7.28. The highest BCUT2D eigenvalue weighted by molar-refractivity contribution is 5.76. The quantitative estimate of drug-likeness (QED) is 0.505. The van der Waals surface area contributed by atoms with Gasteiger partial charge in [-0.15, -0.1) is 0 Å². The molecule has 1 N–H and O–H groups in total. The van der Waals surface area contributed by atoms with Gasteiger partial charge in [-0.25, -0.2) is 4.39 Å². The molecular weight excluding hydrogens is 407 g/mol. The zero-order valence-electron chi connectivity index (χ0n) is 18.4. The third-order valence-corrected chi connectivity index (χ3v) is 5.88. The van der Waals surface area contributed by atoms with Crippen molar-refractivity contribution in [1.82, 2.24) is 19.5 Å². The Morgan fingerprint density at radius 2 is 1.81 bits per heavy atom. The number of nitrogens with zero attached hydrogens (tertiary/aromatic N) is 3. The van der Waals surface area contributed by atoms with Gasteiger partial charge in [-0.05, 0) is 31.9 Å². The first-order valence-electron chi connectivity index (χ1n) is 10.5. The largest absolute Gasteiger partial charge is 0.352 e. The van der Waals surface area contributed by atoms with Crippen molar-refractivity contribution in [2.45, 2.75) is 33.2 Å². The second-order valence-corrected chi connectivity index (χ2v) is 7.91. The molecule has 0 radical (unpaired) electrons. The highest BCUT2D eigenvalue weighted by Crippen LogP contribution is 2.23. The molecule has 0 fully saturated rings. The van der Waals surface area contributed by atoms with Gasteiger partial charge in [0.15, 0.2) is 0 Å². The highest BCUT2D eigenvalue weighted by Gasteiger charge is 2.17. The molecule has 0 atom stereocenters. The van der Waals surface area contributed by atoms with E-state index in [0.29, 0.717) is 16.8 Å². The molecule has 6 nitrogen and oxygen atoms in total. The summed E-state index contributed by atoms with van der Waals surface area (Å²) in [6.07, 6.45) is 0.402. The van der Waals surface area contributed by atoms with E-state index in [-0.39, 0.29) is 36.7 Å². The van der Waals surface area contributed by atoms with Crippen LogP contribution in [0.4, 0.5) is 4.39 Å². The van der Waals surface area contributed by atoms with Crippen molar-refractivity contribution in [3.8, 4) is 11.3 Å². The molecule has 0 aliphatic heterocycles. The Morgan fingerprint density at radius 3 is 2.56 bits per heavy atom. The van der Waals surface area contributed by atoms with E-state index >= 15 is 0 Å². The van der Waals surface area contributed by atoms with Crippen molar-refractivity contribution < 1.29 is 9.18 Å². The summed E-state index contributed by atoms with van der Waals surface area (Å²) in [5.41, 5.74) is 5.01. The van der Waals surface area contributed by atoms with Gasteiger partial charge in [0.1, 0.15) is 11.5 Å². The zero-order chi connectivity index (χ0) is 22.8. The molecule has 164 valence electrons. The molecule has 4 rings (SSSR count). The van der Waals surface area contributed by atoms with Crippen LogP contribution in [0.25, 0.3) is 16.9 Å². The Balaban J connectivity index is 1.56. The smallest absolute Gasteiger partial charge is 0.277 e. The van der Waals surface area contributed by atoms with Gasteiger partial charge in [0.25, 0.3) is 5.56 Å². The van der Waals surface area contributed by atoms with E-state index in [1.807, 2.05) is 55.8 Å². The van der Waals surface area contributed by atoms with Crippen LogP contribution in [0.1, 0.15) is 28.8 Å². The molecule has 0 bridgehead atoms. The van der Waals surface area contributed by atoms with Crippen molar-refractivity contribution >= 4 is 11.6 Å². The fraction of sp³-hybridized carbons (Fsp3) is 0.240. The minimum atomic E-state index is -0.355. The number of aryl methyl sites for hydroxylation is 2. The molecule has 2 aromatic carbocycles. The maximum atomic E-state index is 13.7. The lowest BCUT2D eigenvalue weighted by atomic mass is 10.1. The maximum absolute atomic E-state index is 13.7. The van der Waals surface area contributed by atoms with Gasteiger partial charge in [0.05, 0.1) is 5.69 Å². The van der Waals surface area contributed by atoms with E-state index in [0.717, 1.165) is 22.5 Å². The van der Waals surface area contributed by atoms with Crippen molar-refractivity contribution in [3.63, 3.8) is 0 Å². The number of nitrogens with one attached hydrogen (secondary N) is 1. The van der Waals surface area contributed by atoms with Crippen LogP contribution >= 0.6 is 0 Å². The number of rotatable bonds is 6. The van der Waals surface area contributed by atoms with Crippen LogP contribution < -0.4 is 10.9 Å². The number of halogens is 1. The number of benzene rings is 2. The summed E-state index contributed by atoms with van der Waals surface area (Å²) in [4.78, 5) is 25.5. The summed E-state index contributed by atoms with van der Waals surface area (Å²) in [5.74, 6) is -0.595. The van der Waals surface area contributed by atoms with Crippen molar-refractivity contribution in [2.75, 3.05) is 0 Å². The summed E-state index contributed by atoms with van der Waals surface area (Å²) < 4.78 is 17.1. The number of hydrogen-bond donors (Lipinski definition) is 1. The first-order chi connectivity index (χ1) is 15.4. The van der Waals surface area contributed by atoms with Crippen molar-refractivity contribution in [3.05, 3.63) is 93.2 Å². The minimum absolute atomic E-state index is 0.112. The topological polar surface area (TPSA) is 68.4 Å². The first-order valence-corrected chi connectivity index (χ1v) is 10.5. The Labute approximate surface area is 185 Å². The van der Waals surface area contributed by atoms with Crippen LogP contribution in [0.3, 0.4) is 0 Å². The average molecular weight is 432 g/mol. The number of hydrogen-bond acceptors (Lipinski definition) is 3. The molecule has 0 saturated carbocycles. The molecule has 2 heterocycles. The lowest BCUT2D eigenvalue weighted by molar-refractivity contribution is -0.121. The monoisotopic (exact) mass is 432 g/mol. The van der Waals surface area contributed by atoms with E-state index < -0.39 is 0 Å². The first kappa shape index (κ1) is 21.5. The molecule has 2 aromatic heterocycles. The Kier molecular flexibility index (Phi) is 5.90. The van der Waals surface area contributed by atoms with E-state index in [2.05, 4.69) is 10.4 Å². The molecule has 32 heavy (non-hydrogen) atoms. The number of fused-ring (bicyclic) bond motifs is 1. The summed E-state index contributed by atoms with van der Waals surface area (Å²) in [7, 11) is 1.88. The Morgan fingerprint density at radius 1 is 1.09 bits per heavy atom. The highest BCUT2D eigenvalue weighted by atomic mass is 19.1. The molecule has 7 heteroatoms. The molecule has 0 aliphatic rings. The van der Waals surface area contributed by atoms with Gasteiger partial charge < -0.3 is 9.88 Å². The van der Waals surface area contributed by atoms with Gasteiger partial charge in [-0.1, -0.05) is 42.5 Å². The number of aromatic nitrogens is 3. The minimum Gasteiger partial charge on any atom is -0.352 e. The Bertz CT molecular complexity index is 1370. The van der Waals surface area contributed by atoms with E-state index in [9.17, 15) is 14.0 Å². The van der Waals surface area contributed by atoms with E-state index in [4.69, 9.17) is 0 Å². The van der Waals surface area contributed by atoms with Crippen LogP contribution in [0.5, 0.6) is 0 Å². The standard InChI is InChI=1S/C25H25FN4O2/c1-16-8-4-6-10-19(16)22-14-24-29(3)17(2)20(25(32)30(24)28-22)12-13-23(31)27-15-18-9-5-7-11-21(18)26/h4-11,14H,12-13,15H2,1-3H3,(H,27,31). The third-order valence-electron chi connectivity index (χ3n) is 5.88.